The SMILES string of the molecule is Cc1cnc(C(=O)N2CCC(OCC(=O)O)CC2)cn1. The Bertz CT molecular complexity index is 481. The molecule has 0 radical (unpaired) electrons. The van der Waals surface area contributed by atoms with Gasteiger partial charge >= 0.3 is 5.97 Å². The number of hydrogen-bond donors (Lipinski definition) is 1. The molecule has 0 atom stereocenters. The van der Waals surface area contributed by atoms with Crippen LogP contribution in [0.3, 0.4) is 0 Å². The quantitative estimate of drug-likeness (QED) is 0.862. The summed E-state index contributed by atoms with van der Waals surface area (Å²) < 4.78 is 5.23. The number of carboxylic acids is 1. The average molecular weight is 279 g/mol. The first kappa shape index (κ1) is 14.4. The smallest absolute Gasteiger partial charge is 0.329 e. The normalized spacial score (nSPS) is 16.1. The molecule has 0 aliphatic carbocycles. The number of rotatable bonds is 4. The Morgan fingerprint density at radius 2 is 2.05 bits per heavy atom. The van der Waals surface area contributed by atoms with Gasteiger partial charge in [-0.2, -0.15) is 0 Å². The van der Waals surface area contributed by atoms with Crippen LogP contribution in [-0.4, -0.2) is 57.7 Å². The van der Waals surface area contributed by atoms with E-state index in [1.807, 2.05) is 6.92 Å². The third-order valence-electron chi connectivity index (χ3n) is 3.17. The van der Waals surface area contributed by atoms with E-state index in [4.69, 9.17) is 9.84 Å². The van der Waals surface area contributed by atoms with E-state index in [1.165, 1.54) is 6.20 Å². The summed E-state index contributed by atoms with van der Waals surface area (Å²) in [4.78, 5) is 32.4. The third kappa shape index (κ3) is 3.74. The number of aromatic nitrogens is 2. The molecule has 1 amide bonds. The fourth-order valence-electron chi connectivity index (χ4n) is 2.08. The lowest BCUT2D eigenvalue weighted by Crippen LogP contribution is -2.41. The van der Waals surface area contributed by atoms with E-state index in [1.54, 1.807) is 11.1 Å². The molecule has 1 saturated heterocycles. The molecule has 2 heterocycles. The molecule has 0 aromatic carbocycles. The van der Waals surface area contributed by atoms with E-state index < -0.39 is 5.97 Å². The van der Waals surface area contributed by atoms with Crippen LogP contribution < -0.4 is 0 Å². The Labute approximate surface area is 116 Å². The van der Waals surface area contributed by atoms with Crippen LogP contribution in [0.2, 0.25) is 0 Å². The fraction of sp³-hybridized carbons (Fsp3) is 0.538. The first-order valence-electron chi connectivity index (χ1n) is 6.47. The highest BCUT2D eigenvalue weighted by Gasteiger charge is 2.25. The van der Waals surface area contributed by atoms with E-state index in [9.17, 15) is 9.59 Å². The van der Waals surface area contributed by atoms with Gasteiger partial charge in [-0.15, -0.1) is 0 Å². The summed E-state index contributed by atoms with van der Waals surface area (Å²) in [5, 5.41) is 8.55. The lowest BCUT2D eigenvalue weighted by Gasteiger charge is -2.31. The second kappa shape index (κ2) is 6.42. The van der Waals surface area contributed by atoms with E-state index in [-0.39, 0.29) is 18.6 Å². The summed E-state index contributed by atoms with van der Waals surface area (Å²) in [5.74, 6) is -1.12. The second-order valence-corrected chi connectivity index (χ2v) is 4.74. The van der Waals surface area contributed by atoms with Gasteiger partial charge in [-0.1, -0.05) is 0 Å². The minimum absolute atomic E-state index is 0.0979. The van der Waals surface area contributed by atoms with Gasteiger partial charge in [-0.3, -0.25) is 9.78 Å². The van der Waals surface area contributed by atoms with Crippen LogP contribution in [0, 0.1) is 6.92 Å². The first-order valence-corrected chi connectivity index (χ1v) is 6.47. The van der Waals surface area contributed by atoms with Crippen molar-refractivity contribution in [3.05, 3.63) is 23.8 Å². The molecule has 1 fully saturated rings. The molecule has 0 spiro atoms. The Morgan fingerprint density at radius 1 is 1.35 bits per heavy atom. The molecule has 0 saturated carbocycles. The van der Waals surface area contributed by atoms with Gasteiger partial charge in [0.05, 0.1) is 18.0 Å². The molecule has 1 N–H and O–H groups in total. The predicted molar refractivity (Wildman–Crippen MR) is 69.3 cm³/mol. The lowest BCUT2D eigenvalue weighted by molar-refractivity contribution is -0.145. The van der Waals surface area contributed by atoms with Crippen LogP contribution in [0.4, 0.5) is 0 Å². The predicted octanol–water partition coefficient (Wildman–Crippen LogP) is 0.491. The Morgan fingerprint density at radius 3 is 2.60 bits per heavy atom. The minimum Gasteiger partial charge on any atom is -0.480 e. The lowest BCUT2D eigenvalue weighted by atomic mass is 10.1. The van der Waals surface area contributed by atoms with Crippen LogP contribution in [0.25, 0.3) is 0 Å². The number of piperidine rings is 1. The number of carboxylic acid groups (broad SMARTS) is 1. The number of carbonyl (C=O) groups excluding carboxylic acids is 1. The molecule has 0 unspecified atom stereocenters. The van der Waals surface area contributed by atoms with Gasteiger partial charge in [0, 0.05) is 19.3 Å². The second-order valence-electron chi connectivity index (χ2n) is 4.74. The highest BCUT2D eigenvalue weighted by Crippen LogP contribution is 2.15. The number of nitrogens with zero attached hydrogens (tertiary/aromatic N) is 3. The number of ether oxygens (including phenoxy) is 1. The molecule has 1 aliphatic heterocycles. The van der Waals surface area contributed by atoms with Crippen molar-refractivity contribution in [2.75, 3.05) is 19.7 Å². The third-order valence-corrected chi connectivity index (χ3v) is 3.17. The van der Waals surface area contributed by atoms with E-state index in [2.05, 4.69) is 9.97 Å². The van der Waals surface area contributed by atoms with E-state index >= 15 is 0 Å². The van der Waals surface area contributed by atoms with Crippen LogP contribution in [0.1, 0.15) is 29.0 Å². The molecule has 7 heteroatoms. The molecule has 7 nitrogen and oxygen atoms in total. The number of likely N-dealkylation sites (tertiary alicyclic amines) is 1. The number of carbonyl (C=O) groups is 2. The van der Waals surface area contributed by atoms with Crippen molar-refractivity contribution in [1.29, 1.82) is 0 Å². The zero-order valence-corrected chi connectivity index (χ0v) is 11.3. The summed E-state index contributed by atoms with van der Waals surface area (Å²) >= 11 is 0. The number of hydrogen-bond acceptors (Lipinski definition) is 5. The van der Waals surface area contributed by atoms with Gasteiger partial charge in [-0.05, 0) is 19.8 Å². The van der Waals surface area contributed by atoms with Crippen LogP contribution in [-0.2, 0) is 9.53 Å². The van der Waals surface area contributed by atoms with Crippen molar-refractivity contribution in [2.45, 2.75) is 25.9 Å². The van der Waals surface area contributed by atoms with Crippen molar-refractivity contribution in [2.24, 2.45) is 0 Å². The van der Waals surface area contributed by atoms with Crippen LogP contribution in [0.5, 0.6) is 0 Å². The summed E-state index contributed by atoms with van der Waals surface area (Å²) in [6.07, 6.45) is 4.22. The van der Waals surface area contributed by atoms with Crippen molar-refractivity contribution in [3.8, 4) is 0 Å². The van der Waals surface area contributed by atoms with Gasteiger partial charge in [0.25, 0.3) is 5.91 Å². The first-order chi connectivity index (χ1) is 9.56. The van der Waals surface area contributed by atoms with Crippen LogP contribution in [0.15, 0.2) is 12.4 Å². The molecule has 0 bridgehead atoms. The number of aryl methyl sites for hydroxylation is 1. The highest BCUT2D eigenvalue weighted by atomic mass is 16.5. The van der Waals surface area contributed by atoms with Crippen molar-refractivity contribution >= 4 is 11.9 Å². The molecule has 1 aromatic heterocycles. The molecule has 108 valence electrons. The van der Waals surface area contributed by atoms with E-state index in [0.29, 0.717) is 31.6 Å². The monoisotopic (exact) mass is 279 g/mol. The Hall–Kier alpha value is -2.02. The van der Waals surface area contributed by atoms with Gasteiger partial charge in [0.2, 0.25) is 0 Å². The Balaban J connectivity index is 1.85. The maximum Gasteiger partial charge on any atom is 0.329 e. The van der Waals surface area contributed by atoms with Gasteiger partial charge in [0.1, 0.15) is 12.3 Å². The summed E-state index contributed by atoms with van der Waals surface area (Å²) in [6.45, 7) is 2.60. The average Bonchev–Trinajstić information content (AvgIpc) is 2.46. The van der Waals surface area contributed by atoms with E-state index in [0.717, 1.165) is 5.69 Å². The molecular weight excluding hydrogens is 262 g/mol. The maximum absolute atomic E-state index is 12.2. The molecule has 1 aliphatic rings. The van der Waals surface area contributed by atoms with Gasteiger partial charge < -0.3 is 14.7 Å². The Kier molecular flexibility index (Phi) is 4.62. The van der Waals surface area contributed by atoms with Crippen molar-refractivity contribution in [1.82, 2.24) is 14.9 Å². The zero-order chi connectivity index (χ0) is 14.5. The minimum atomic E-state index is -0.974. The standard InChI is InChI=1S/C13H17N3O4/c1-9-6-15-11(7-14-9)13(19)16-4-2-10(3-5-16)20-8-12(17)18/h6-7,10H,2-5,8H2,1H3,(H,17,18). The molecule has 2 rings (SSSR count). The van der Waals surface area contributed by atoms with Gasteiger partial charge in [0.15, 0.2) is 0 Å². The van der Waals surface area contributed by atoms with Gasteiger partial charge in [-0.25, -0.2) is 9.78 Å². The van der Waals surface area contributed by atoms with Crippen LogP contribution >= 0.6 is 0 Å². The topological polar surface area (TPSA) is 92.6 Å². The molecule has 1 aromatic rings. The van der Waals surface area contributed by atoms with Crippen molar-refractivity contribution < 1.29 is 19.4 Å². The summed E-state index contributed by atoms with van der Waals surface area (Å²) in [7, 11) is 0. The maximum atomic E-state index is 12.2. The number of aliphatic carboxylic acids is 1. The summed E-state index contributed by atoms with van der Waals surface area (Å²) in [6, 6.07) is 0. The fourth-order valence-corrected chi connectivity index (χ4v) is 2.08. The number of amides is 1. The molecular formula is C13H17N3O4. The summed E-state index contributed by atoms with van der Waals surface area (Å²) in [5.41, 5.74) is 1.10. The zero-order valence-electron chi connectivity index (χ0n) is 11.3. The van der Waals surface area contributed by atoms with Crippen molar-refractivity contribution in [3.63, 3.8) is 0 Å². The highest BCUT2D eigenvalue weighted by molar-refractivity contribution is 5.92. The molecule has 20 heavy (non-hydrogen) atoms. The largest absolute Gasteiger partial charge is 0.480 e.